The van der Waals surface area contributed by atoms with E-state index in [4.69, 9.17) is 11.6 Å². The molecule has 1 aromatic carbocycles. The first kappa shape index (κ1) is 19.6. The SMILES string of the molecule is CN=C(NCCc1c(F)cccc1Cl)NCc1ccccn1.I. The minimum atomic E-state index is -0.286. The number of aromatic nitrogens is 1. The van der Waals surface area contributed by atoms with Crippen molar-refractivity contribution in [1.82, 2.24) is 15.6 Å². The molecular weight excluding hydrogens is 430 g/mol. The van der Waals surface area contributed by atoms with Crippen LogP contribution in [0.5, 0.6) is 0 Å². The summed E-state index contributed by atoms with van der Waals surface area (Å²) in [7, 11) is 1.68. The third kappa shape index (κ3) is 6.31. The highest BCUT2D eigenvalue weighted by atomic mass is 127. The molecule has 0 radical (unpaired) electrons. The number of aliphatic imine (C=N–C) groups is 1. The highest BCUT2D eigenvalue weighted by molar-refractivity contribution is 14.0. The molecule has 0 saturated heterocycles. The molecular formula is C16H19ClFIN4. The molecule has 2 aromatic rings. The molecule has 0 amide bonds. The molecule has 23 heavy (non-hydrogen) atoms. The summed E-state index contributed by atoms with van der Waals surface area (Å²) < 4.78 is 13.7. The number of halogens is 3. The van der Waals surface area contributed by atoms with Gasteiger partial charge in [0, 0.05) is 30.4 Å². The lowest BCUT2D eigenvalue weighted by Crippen LogP contribution is -2.38. The molecule has 0 spiro atoms. The van der Waals surface area contributed by atoms with Crippen LogP contribution in [0.4, 0.5) is 4.39 Å². The van der Waals surface area contributed by atoms with Gasteiger partial charge in [-0.1, -0.05) is 23.7 Å². The van der Waals surface area contributed by atoms with Crippen LogP contribution in [0, 0.1) is 5.82 Å². The second kappa shape index (κ2) is 10.4. The summed E-state index contributed by atoms with van der Waals surface area (Å²) in [5, 5.41) is 6.72. The third-order valence-electron chi connectivity index (χ3n) is 3.12. The Morgan fingerprint density at radius 2 is 2.04 bits per heavy atom. The Balaban J connectivity index is 0.00000264. The maximum Gasteiger partial charge on any atom is 0.191 e. The zero-order chi connectivity index (χ0) is 15.8. The molecule has 0 bridgehead atoms. The van der Waals surface area contributed by atoms with Gasteiger partial charge in [-0.15, -0.1) is 24.0 Å². The van der Waals surface area contributed by atoms with Gasteiger partial charge in [-0.05, 0) is 30.7 Å². The molecule has 1 aromatic heterocycles. The van der Waals surface area contributed by atoms with E-state index in [-0.39, 0.29) is 29.8 Å². The van der Waals surface area contributed by atoms with Gasteiger partial charge in [-0.3, -0.25) is 9.98 Å². The summed E-state index contributed by atoms with van der Waals surface area (Å²) in [5.41, 5.74) is 1.43. The third-order valence-corrected chi connectivity index (χ3v) is 3.47. The van der Waals surface area contributed by atoms with E-state index in [0.29, 0.717) is 36.1 Å². The molecule has 1 heterocycles. The van der Waals surface area contributed by atoms with Crippen molar-refractivity contribution in [2.75, 3.05) is 13.6 Å². The van der Waals surface area contributed by atoms with Gasteiger partial charge in [0.25, 0.3) is 0 Å². The van der Waals surface area contributed by atoms with Crippen molar-refractivity contribution < 1.29 is 4.39 Å². The Morgan fingerprint density at radius 3 is 2.70 bits per heavy atom. The summed E-state index contributed by atoms with van der Waals surface area (Å²) in [6, 6.07) is 10.4. The average Bonchev–Trinajstić information content (AvgIpc) is 2.54. The maximum absolute atomic E-state index is 13.7. The predicted octanol–water partition coefficient (Wildman–Crippen LogP) is 3.40. The van der Waals surface area contributed by atoms with Gasteiger partial charge in [0.15, 0.2) is 5.96 Å². The Morgan fingerprint density at radius 1 is 1.22 bits per heavy atom. The van der Waals surface area contributed by atoms with Crippen LogP contribution in [-0.4, -0.2) is 24.5 Å². The van der Waals surface area contributed by atoms with Crippen LogP contribution < -0.4 is 10.6 Å². The van der Waals surface area contributed by atoms with E-state index in [9.17, 15) is 4.39 Å². The lowest BCUT2D eigenvalue weighted by atomic mass is 10.1. The number of guanidine groups is 1. The van der Waals surface area contributed by atoms with E-state index >= 15 is 0 Å². The van der Waals surface area contributed by atoms with E-state index in [1.807, 2.05) is 18.2 Å². The summed E-state index contributed by atoms with van der Waals surface area (Å²) >= 11 is 6.00. The lowest BCUT2D eigenvalue weighted by Gasteiger charge is -2.12. The average molecular weight is 449 g/mol. The predicted molar refractivity (Wildman–Crippen MR) is 103 cm³/mol. The van der Waals surface area contributed by atoms with Crippen LogP contribution in [0.3, 0.4) is 0 Å². The fourth-order valence-electron chi connectivity index (χ4n) is 1.97. The minimum absolute atomic E-state index is 0. The van der Waals surface area contributed by atoms with Crippen LogP contribution in [0.1, 0.15) is 11.3 Å². The number of hydrogen-bond acceptors (Lipinski definition) is 2. The van der Waals surface area contributed by atoms with Crippen LogP contribution >= 0.6 is 35.6 Å². The van der Waals surface area contributed by atoms with Gasteiger partial charge in [-0.25, -0.2) is 4.39 Å². The van der Waals surface area contributed by atoms with Crippen molar-refractivity contribution >= 4 is 41.5 Å². The molecule has 4 nitrogen and oxygen atoms in total. The zero-order valence-electron chi connectivity index (χ0n) is 12.7. The second-order valence-electron chi connectivity index (χ2n) is 4.62. The Bertz CT molecular complexity index is 617. The second-order valence-corrected chi connectivity index (χ2v) is 5.03. The van der Waals surface area contributed by atoms with Crippen LogP contribution in [0.2, 0.25) is 5.02 Å². The van der Waals surface area contributed by atoms with E-state index in [1.165, 1.54) is 6.07 Å². The van der Waals surface area contributed by atoms with Crippen molar-refractivity contribution in [3.05, 3.63) is 64.7 Å². The Labute approximate surface area is 157 Å². The smallest absolute Gasteiger partial charge is 0.191 e. The van der Waals surface area contributed by atoms with Gasteiger partial charge >= 0.3 is 0 Å². The first-order valence-corrected chi connectivity index (χ1v) is 7.36. The monoisotopic (exact) mass is 448 g/mol. The molecule has 0 fully saturated rings. The van der Waals surface area contributed by atoms with Crippen LogP contribution in [-0.2, 0) is 13.0 Å². The number of pyridine rings is 1. The number of nitrogens with zero attached hydrogens (tertiary/aromatic N) is 2. The molecule has 0 aliphatic heterocycles. The summed E-state index contributed by atoms with van der Waals surface area (Å²) in [6.45, 7) is 1.10. The van der Waals surface area contributed by atoms with Gasteiger partial charge in [0.1, 0.15) is 5.82 Å². The molecule has 7 heteroatoms. The van der Waals surface area contributed by atoms with E-state index in [2.05, 4.69) is 20.6 Å². The number of nitrogens with one attached hydrogen (secondary N) is 2. The molecule has 0 atom stereocenters. The van der Waals surface area contributed by atoms with Crippen molar-refractivity contribution in [1.29, 1.82) is 0 Å². The van der Waals surface area contributed by atoms with Crippen molar-refractivity contribution in [3.8, 4) is 0 Å². The molecule has 124 valence electrons. The molecule has 0 aliphatic carbocycles. The topological polar surface area (TPSA) is 49.3 Å². The fraction of sp³-hybridized carbons (Fsp3) is 0.250. The summed E-state index contributed by atoms with van der Waals surface area (Å²) in [5.74, 6) is 0.351. The van der Waals surface area contributed by atoms with E-state index in [0.717, 1.165) is 5.69 Å². The van der Waals surface area contributed by atoms with Crippen LogP contribution in [0.15, 0.2) is 47.6 Å². The molecule has 0 saturated carbocycles. The maximum atomic E-state index is 13.7. The lowest BCUT2D eigenvalue weighted by molar-refractivity contribution is 0.607. The van der Waals surface area contributed by atoms with Gasteiger partial charge in [0.2, 0.25) is 0 Å². The van der Waals surface area contributed by atoms with Crippen LogP contribution in [0.25, 0.3) is 0 Å². The summed E-state index contributed by atoms with van der Waals surface area (Å²) in [4.78, 5) is 8.34. The van der Waals surface area contributed by atoms with E-state index in [1.54, 1.807) is 25.4 Å². The van der Waals surface area contributed by atoms with Crippen molar-refractivity contribution in [3.63, 3.8) is 0 Å². The number of rotatable bonds is 5. The first-order valence-electron chi connectivity index (χ1n) is 6.98. The van der Waals surface area contributed by atoms with Gasteiger partial charge in [0.05, 0.1) is 12.2 Å². The van der Waals surface area contributed by atoms with Crippen molar-refractivity contribution in [2.45, 2.75) is 13.0 Å². The molecule has 0 aliphatic rings. The van der Waals surface area contributed by atoms with Crippen molar-refractivity contribution in [2.24, 2.45) is 4.99 Å². The molecule has 2 N–H and O–H groups in total. The normalized spacial score (nSPS) is 10.8. The first-order chi connectivity index (χ1) is 10.7. The highest BCUT2D eigenvalue weighted by Gasteiger charge is 2.07. The van der Waals surface area contributed by atoms with Gasteiger partial charge in [-0.2, -0.15) is 0 Å². The highest BCUT2D eigenvalue weighted by Crippen LogP contribution is 2.18. The Kier molecular flexibility index (Phi) is 8.86. The molecule has 2 rings (SSSR count). The van der Waals surface area contributed by atoms with E-state index < -0.39 is 0 Å². The molecule has 0 unspecified atom stereocenters. The Hall–Kier alpha value is -1.41. The fourth-order valence-corrected chi connectivity index (χ4v) is 2.23. The minimum Gasteiger partial charge on any atom is -0.356 e. The quantitative estimate of drug-likeness (QED) is 0.419. The number of hydrogen-bond donors (Lipinski definition) is 2. The summed E-state index contributed by atoms with van der Waals surface area (Å²) in [6.07, 6.45) is 2.23. The standard InChI is InChI=1S/C16H18ClFN4.HI/c1-19-16(22-11-12-5-2-3-9-20-12)21-10-8-13-14(17)6-4-7-15(13)18;/h2-7,9H,8,10-11H2,1H3,(H2,19,21,22);1H. The number of benzene rings is 1. The largest absolute Gasteiger partial charge is 0.356 e. The van der Waals surface area contributed by atoms with Gasteiger partial charge < -0.3 is 10.6 Å². The zero-order valence-corrected chi connectivity index (χ0v) is 15.8.